The highest BCUT2D eigenvalue weighted by Gasteiger charge is 2.03. The first-order valence-electron chi connectivity index (χ1n) is 2.70. The lowest BCUT2D eigenvalue weighted by molar-refractivity contribution is 1.46. The lowest BCUT2D eigenvalue weighted by Gasteiger charge is -1.98. The number of hydrogen-bond acceptors (Lipinski definition) is 1. The fourth-order valence-electron chi connectivity index (χ4n) is 0.620. The van der Waals surface area contributed by atoms with E-state index < -0.39 is 0 Å². The second-order valence-corrected chi connectivity index (χ2v) is 4.21. The van der Waals surface area contributed by atoms with Crippen molar-refractivity contribution >= 4 is 50.1 Å². The molecule has 1 aromatic carbocycles. The van der Waals surface area contributed by atoms with Gasteiger partial charge in [-0.2, -0.15) is 5.26 Å². The van der Waals surface area contributed by atoms with E-state index in [-0.39, 0.29) is 0 Å². The van der Waals surface area contributed by atoms with Gasteiger partial charge in [-0.15, -0.1) is 0 Å². The fraction of sp³-hybridized carbons (Fsp3) is 0. The van der Waals surface area contributed by atoms with Gasteiger partial charge in [0.2, 0.25) is 0 Å². The Kier molecular flexibility index (Phi) is 3.16. The van der Waals surface area contributed by atoms with Crippen molar-refractivity contribution in [1.29, 1.82) is 5.26 Å². The van der Waals surface area contributed by atoms with Crippen LogP contribution in [-0.2, 0) is 0 Å². The van der Waals surface area contributed by atoms with Crippen LogP contribution in [0, 0.1) is 14.9 Å². The van der Waals surface area contributed by atoms with Crippen LogP contribution >= 0.6 is 50.1 Å². The first-order chi connectivity index (χ1) is 5.15. The Morgan fingerprint density at radius 1 is 1.55 bits per heavy atom. The molecule has 0 aliphatic heterocycles. The van der Waals surface area contributed by atoms with Crippen LogP contribution in [0.25, 0.3) is 0 Å². The first-order valence-corrected chi connectivity index (χ1v) is 4.94. The summed E-state index contributed by atoms with van der Waals surface area (Å²) >= 11 is 11.2. The van der Waals surface area contributed by atoms with Gasteiger partial charge < -0.3 is 0 Å². The largest absolute Gasteiger partial charge is 0.192 e. The third-order valence-corrected chi connectivity index (χ3v) is 4.26. The molecule has 1 nitrogen and oxygen atoms in total. The van der Waals surface area contributed by atoms with Gasteiger partial charge in [-0.1, -0.05) is 11.6 Å². The molecule has 0 fully saturated rings. The maximum absolute atomic E-state index is 8.55. The van der Waals surface area contributed by atoms with Crippen molar-refractivity contribution in [3.05, 3.63) is 30.8 Å². The molecule has 0 heterocycles. The second-order valence-electron chi connectivity index (χ2n) is 1.87. The van der Waals surface area contributed by atoms with E-state index in [1.807, 2.05) is 6.07 Å². The van der Waals surface area contributed by atoms with Gasteiger partial charge in [-0.05, 0) is 50.7 Å². The number of benzene rings is 1. The number of nitriles is 1. The Labute approximate surface area is 91.6 Å². The van der Waals surface area contributed by atoms with Gasteiger partial charge in [-0.3, -0.25) is 0 Å². The summed E-state index contributed by atoms with van der Waals surface area (Å²) in [6.07, 6.45) is 0. The molecule has 0 aliphatic rings. The minimum Gasteiger partial charge on any atom is -0.192 e. The first kappa shape index (κ1) is 9.30. The van der Waals surface area contributed by atoms with E-state index in [9.17, 15) is 0 Å². The van der Waals surface area contributed by atoms with Crippen molar-refractivity contribution in [2.75, 3.05) is 0 Å². The van der Waals surface area contributed by atoms with E-state index in [2.05, 4.69) is 38.5 Å². The Morgan fingerprint density at radius 2 is 2.18 bits per heavy atom. The predicted molar refractivity (Wildman–Crippen MR) is 56.6 cm³/mol. The van der Waals surface area contributed by atoms with Gasteiger partial charge in [0, 0.05) is 8.04 Å². The highest BCUT2D eigenvalue weighted by Crippen LogP contribution is 2.27. The van der Waals surface area contributed by atoms with E-state index in [0.29, 0.717) is 10.6 Å². The molecule has 0 bridgehead atoms. The quantitative estimate of drug-likeness (QED) is 0.522. The average molecular weight is 342 g/mol. The summed E-state index contributed by atoms with van der Waals surface area (Å²) in [7, 11) is 0. The molecule has 0 saturated heterocycles. The Bertz CT molecular complexity index is 309. The van der Waals surface area contributed by atoms with E-state index >= 15 is 0 Å². The summed E-state index contributed by atoms with van der Waals surface area (Å²) in [6, 6.07) is 5.41. The molecule has 0 radical (unpaired) electrons. The zero-order chi connectivity index (χ0) is 8.43. The molecule has 0 aromatic heterocycles. The highest BCUT2D eigenvalue weighted by molar-refractivity contribution is 14.1. The lowest BCUT2D eigenvalue weighted by Crippen LogP contribution is -1.80. The van der Waals surface area contributed by atoms with Crippen LogP contribution in [0.4, 0.5) is 0 Å². The molecular weight excluding hydrogens is 340 g/mol. The van der Waals surface area contributed by atoms with Gasteiger partial charge in [0.1, 0.15) is 0 Å². The minimum atomic E-state index is 0.572. The maximum atomic E-state index is 8.55. The van der Waals surface area contributed by atoms with Gasteiger partial charge in [0.25, 0.3) is 0 Å². The molecule has 0 spiro atoms. The summed E-state index contributed by atoms with van der Waals surface area (Å²) in [5.74, 6) is 0. The van der Waals surface area contributed by atoms with Crippen molar-refractivity contribution in [2.45, 2.75) is 0 Å². The summed E-state index contributed by atoms with van der Waals surface area (Å²) in [5, 5.41) is 9.15. The molecule has 0 atom stereocenters. The standard InChI is InChI=1S/C7H2BrClIN/c8-5-1-4(3-11)2-6(9)7(5)10/h1-2H. The van der Waals surface area contributed by atoms with E-state index in [1.165, 1.54) is 0 Å². The van der Waals surface area contributed by atoms with Crippen LogP contribution in [0.15, 0.2) is 16.6 Å². The average Bonchev–Trinajstić information content (AvgIpc) is 1.99. The van der Waals surface area contributed by atoms with Gasteiger partial charge in [-0.25, -0.2) is 0 Å². The Morgan fingerprint density at radius 3 is 2.64 bits per heavy atom. The Balaban J connectivity index is 3.35. The third kappa shape index (κ3) is 2.08. The molecule has 0 N–H and O–H groups in total. The minimum absolute atomic E-state index is 0.572. The van der Waals surface area contributed by atoms with Gasteiger partial charge in [0.15, 0.2) is 0 Å². The third-order valence-electron chi connectivity index (χ3n) is 1.11. The van der Waals surface area contributed by atoms with E-state index in [1.54, 1.807) is 12.1 Å². The topological polar surface area (TPSA) is 23.8 Å². The van der Waals surface area contributed by atoms with Crippen molar-refractivity contribution < 1.29 is 0 Å². The molecule has 4 heteroatoms. The smallest absolute Gasteiger partial charge is 0.0992 e. The van der Waals surface area contributed by atoms with Crippen LogP contribution < -0.4 is 0 Å². The maximum Gasteiger partial charge on any atom is 0.0992 e. The summed E-state index contributed by atoms with van der Waals surface area (Å²) in [4.78, 5) is 0. The summed E-state index contributed by atoms with van der Waals surface area (Å²) in [5.41, 5.74) is 0.572. The molecule has 0 saturated carbocycles. The van der Waals surface area contributed by atoms with Crippen LogP contribution in [0.3, 0.4) is 0 Å². The summed E-state index contributed by atoms with van der Waals surface area (Å²) in [6.45, 7) is 0. The molecule has 1 aromatic rings. The van der Waals surface area contributed by atoms with Gasteiger partial charge in [0.05, 0.1) is 16.7 Å². The molecule has 1 rings (SSSR count). The molecular formula is C7H2BrClIN. The van der Waals surface area contributed by atoms with E-state index in [4.69, 9.17) is 16.9 Å². The van der Waals surface area contributed by atoms with Crippen LogP contribution in [0.1, 0.15) is 5.56 Å². The van der Waals surface area contributed by atoms with Crippen LogP contribution in [0.2, 0.25) is 5.02 Å². The van der Waals surface area contributed by atoms with E-state index in [0.717, 1.165) is 8.04 Å². The van der Waals surface area contributed by atoms with Crippen molar-refractivity contribution in [2.24, 2.45) is 0 Å². The number of halogens is 3. The predicted octanol–water partition coefficient (Wildman–Crippen LogP) is 3.58. The van der Waals surface area contributed by atoms with Crippen molar-refractivity contribution in [3.63, 3.8) is 0 Å². The van der Waals surface area contributed by atoms with Crippen LogP contribution in [0.5, 0.6) is 0 Å². The van der Waals surface area contributed by atoms with Crippen molar-refractivity contribution in [3.8, 4) is 6.07 Å². The van der Waals surface area contributed by atoms with Crippen molar-refractivity contribution in [1.82, 2.24) is 0 Å². The highest BCUT2D eigenvalue weighted by atomic mass is 127. The SMILES string of the molecule is N#Cc1cc(Cl)c(I)c(Br)c1. The zero-order valence-electron chi connectivity index (χ0n) is 5.24. The normalized spacial score (nSPS) is 9.27. The monoisotopic (exact) mass is 341 g/mol. The molecule has 56 valence electrons. The lowest BCUT2D eigenvalue weighted by atomic mass is 10.2. The second kappa shape index (κ2) is 3.74. The number of nitrogens with zero attached hydrogens (tertiary/aromatic N) is 1. The van der Waals surface area contributed by atoms with Crippen LogP contribution in [-0.4, -0.2) is 0 Å². The fourth-order valence-corrected chi connectivity index (χ4v) is 1.73. The Hall–Kier alpha value is 0.210. The molecule has 11 heavy (non-hydrogen) atoms. The zero-order valence-corrected chi connectivity index (χ0v) is 9.74. The molecule has 0 aliphatic carbocycles. The number of rotatable bonds is 0. The van der Waals surface area contributed by atoms with Gasteiger partial charge >= 0.3 is 0 Å². The summed E-state index contributed by atoms with van der Waals surface area (Å²) < 4.78 is 1.80. The number of hydrogen-bond donors (Lipinski definition) is 0. The molecule has 0 amide bonds. The molecule has 0 unspecified atom stereocenters.